The minimum Gasteiger partial charge on any atom is -0.310 e. The molecule has 7 heteroatoms. The summed E-state index contributed by atoms with van der Waals surface area (Å²) in [6.45, 7) is 1.09. The van der Waals surface area contributed by atoms with Gasteiger partial charge in [0.25, 0.3) is 5.56 Å². The first kappa shape index (κ1) is 18.2. The molecule has 0 saturated heterocycles. The second kappa shape index (κ2) is 7.46. The van der Waals surface area contributed by atoms with E-state index < -0.39 is 17.5 Å². The maximum atomic E-state index is 14.0. The molecule has 2 aromatic rings. The van der Waals surface area contributed by atoms with Gasteiger partial charge in [-0.2, -0.15) is 0 Å². The molecule has 27 heavy (non-hydrogen) atoms. The Kier molecular flexibility index (Phi) is 5.04. The van der Waals surface area contributed by atoms with E-state index in [4.69, 9.17) is 4.98 Å². The molecule has 2 aliphatic rings. The van der Waals surface area contributed by atoms with Crippen LogP contribution >= 0.6 is 0 Å². The molecule has 1 fully saturated rings. The van der Waals surface area contributed by atoms with Gasteiger partial charge in [-0.3, -0.25) is 9.69 Å². The number of nitrogens with one attached hydrogen (secondary N) is 1. The van der Waals surface area contributed by atoms with Crippen molar-refractivity contribution in [2.75, 3.05) is 6.54 Å². The fourth-order valence-corrected chi connectivity index (χ4v) is 4.15. The van der Waals surface area contributed by atoms with Crippen LogP contribution in [0.15, 0.2) is 16.9 Å². The molecule has 1 saturated carbocycles. The van der Waals surface area contributed by atoms with E-state index in [-0.39, 0.29) is 23.6 Å². The Hall–Kier alpha value is -2.15. The Morgan fingerprint density at radius 2 is 1.89 bits per heavy atom. The Morgan fingerprint density at radius 3 is 2.67 bits per heavy atom. The smallest absolute Gasteiger partial charge is 0.254 e. The fourth-order valence-electron chi connectivity index (χ4n) is 4.15. The summed E-state index contributed by atoms with van der Waals surface area (Å²) in [6, 6.07) is 2.21. The van der Waals surface area contributed by atoms with Crippen molar-refractivity contribution in [1.82, 2.24) is 14.9 Å². The highest BCUT2D eigenvalue weighted by Crippen LogP contribution is 2.31. The summed E-state index contributed by atoms with van der Waals surface area (Å²) in [5.74, 6) is -2.75. The van der Waals surface area contributed by atoms with Crippen LogP contribution in [0, 0.1) is 17.5 Å². The van der Waals surface area contributed by atoms with Crippen LogP contribution in [0.2, 0.25) is 0 Å². The maximum absolute atomic E-state index is 14.0. The first-order chi connectivity index (χ1) is 13.0. The molecule has 1 aromatic carbocycles. The van der Waals surface area contributed by atoms with Gasteiger partial charge in [0.2, 0.25) is 0 Å². The largest absolute Gasteiger partial charge is 0.310 e. The molecule has 0 unspecified atom stereocenters. The number of benzene rings is 1. The van der Waals surface area contributed by atoms with Crippen LogP contribution in [0.3, 0.4) is 0 Å². The van der Waals surface area contributed by atoms with Gasteiger partial charge in [-0.05, 0) is 25.3 Å². The van der Waals surface area contributed by atoms with E-state index in [1.807, 2.05) is 4.90 Å². The SMILES string of the molecule is O=c1[nH]c(C2CCCCC2)nc2c1CCN(Cc1ccc(F)c(F)c1F)C2. The lowest BCUT2D eigenvalue weighted by Crippen LogP contribution is -2.36. The lowest BCUT2D eigenvalue weighted by atomic mass is 9.88. The second-order valence-corrected chi connectivity index (χ2v) is 7.51. The molecule has 1 aromatic heterocycles. The molecule has 1 N–H and O–H groups in total. The Morgan fingerprint density at radius 1 is 1.11 bits per heavy atom. The first-order valence-electron chi connectivity index (χ1n) is 9.49. The highest BCUT2D eigenvalue weighted by molar-refractivity contribution is 5.24. The van der Waals surface area contributed by atoms with E-state index in [9.17, 15) is 18.0 Å². The minimum atomic E-state index is -1.45. The van der Waals surface area contributed by atoms with Gasteiger partial charge in [0.05, 0.1) is 5.69 Å². The number of H-pyrrole nitrogens is 1. The number of halogens is 3. The van der Waals surface area contributed by atoms with Crippen molar-refractivity contribution in [1.29, 1.82) is 0 Å². The van der Waals surface area contributed by atoms with E-state index in [2.05, 4.69) is 4.98 Å². The van der Waals surface area contributed by atoms with Gasteiger partial charge in [-0.25, -0.2) is 18.2 Å². The number of nitrogens with zero attached hydrogens (tertiary/aromatic N) is 2. The Balaban J connectivity index is 1.56. The summed E-state index contributed by atoms with van der Waals surface area (Å²) >= 11 is 0. The third kappa shape index (κ3) is 3.65. The summed E-state index contributed by atoms with van der Waals surface area (Å²) in [5.41, 5.74) is 1.42. The molecule has 0 radical (unpaired) electrons. The Labute approximate surface area is 155 Å². The van der Waals surface area contributed by atoms with Crippen molar-refractivity contribution in [2.24, 2.45) is 0 Å². The van der Waals surface area contributed by atoms with Crippen molar-refractivity contribution in [3.63, 3.8) is 0 Å². The van der Waals surface area contributed by atoms with E-state index in [0.717, 1.165) is 37.6 Å². The van der Waals surface area contributed by atoms with Crippen LogP contribution in [0.4, 0.5) is 13.2 Å². The van der Waals surface area contributed by atoms with Gasteiger partial charge in [-0.15, -0.1) is 0 Å². The molecule has 0 atom stereocenters. The number of aromatic nitrogens is 2. The van der Waals surface area contributed by atoms with Crippen molar-refractivity contribution in [3.05, 3.63) is 62.6 Å². The molecule has 4 nitrogen and oxygen atoms in total. The molecule has 2 heterocycles. The third-order valence-corrected chi connectivity index (χ3v) is 5.67. The Bertz CT molecular complexity index is 906. The molecular formula is C20H22F3N3O. The van der Waals surface area contributed by atoms with Crippen LogP contribution in [0.25, 0.3) is 0 Å². The average Bonchev–Trinajstić information content (AvgIpc) is 2.69. The molecule has 0 bridgehead atoms. The maximum Gasteiger partial charge on any atom is 0.254 e. The second-order valence-electron chi connectivity index (χ2n) is 7.51. The van der Waals surface area contributed by atoms with Crippen molar-refractivity contribution >= 4 is 0 Å². The van der Waals surface area contributed by atoms with Crippen LogP contribution in [-0.2, 0) is 19.5 Å². The van der Waals surface area contributed by atoms with E-state index in [0.29, 0.717) is 30.8 Å². The monoisotopic (exact) mass is 377 g/mol. The standard InChI is InChI=1S/C20H22F3N3O/c21-15-7-6-13(17(22)18(15)23)10-26-9-8-14-16(11-26)24-19(25-20(14)27)12-4-2-1-3-5-12/h6-7,12H,1-5,8-11H2,(H,24,25,27). The predicted molar refractivity (Wildman–Crippen MR) is 94.8 cm³/mol. The van der Waals surface area contributed by atoms with Crippen molar-refractivity contribution in [2.45, 2.75) is 57.5 Å². The minimum absolute atomic E-state index is 0.0840. The van der Waals surface area contributed by atoms with Gasteiger partial charge in [0, 0.05) is 36.7 Å². The summed E-state index contributed by atoms with van der Waals surface area (Å²) in [7, 11) is 0. The van der Waals surface area contributed by atoms with Gasteiger partial charge in [-0.1, -0.05) is 25.3 Å². The van der Waals surface area contributed by atoms with Crippen molar-refractivity contribution < 1.29 is 13.2 Å². The van der Waals surface area contributed by atoms with Gasteiger partial charge in [0.1, 0.15) is 5.82 Å². The lowest BCUT2D eigenvalue weighted by Gasteiger charge is -2.29. The highest BCUT2D eigenvalue weighted by Gasteiger charge is 2.25. The predicted octanol–water partition coefficient (Wildman–Crippen LogP) is 3.79. The van der Waals surface area contributed by atoms with E-state index in [1.165, 1.54) is 12.5 Å². The molecule has 144 valence electrons. The van der Waals surface area contributed by atoms with E-state index >= 15 is 0 Å². The fraction of sp³-hybridized carbons (Fsp3) is 0.500. The number of hydrogen-bond donors (Lipinski definition) is 1. The average molecular weight is 377 g/mol. The number of aromatic amines is 1. The quantitative estimate of drug-likeness (QED) is 0.828. The molecule has 1 aliphatic carbocycles. The molecule has 1 aliphatic heterocycles. The zero-order chi connectivity index (χ0) is 19.0. The number of fused-ring (bicyclic) bond motifs is 1. The van der Waals surface area contributed by atoms with Gasteiger partial charge < -0.3 is 4.98 Å². The van der Waals surface area contributed by atoms with Crippen LogP contribution in [-0.4, -0.2) is 21.4 Å². The molecular weight excluding hydrogens is 355 g/mol. The summed E-state index contributed by atoms with van der Waals surface area (Å²) in [6.07, 6.45) is 6.09. The van der Waals surface area contributed by atoms with Crippen molar-refractivity contribution in [3.8, 4) is 0 Å². The number of hydrogen-bond acceptors (Lipinski definition) is 3. The van der Waals surface area contributed by atoms with Crippen LogP contribution in [0.1, 0.15) is 60.7 Å². The van der Waals surface area contributed by atoms with Gasteiger partial charge in [0.15, 0.2) is 17.5 Å². The van der Waals surface area contributed by atoms with Crippen LogP contribution in [0.5, 0.6) is 0 Å². The summed E-state index contributed by atoms with van der Waals surface area (Å²) in [4.78, 5) is 22.0. The number of rotatable bonds is 3. The first-order valence-corrected chi connectivity index (χ1v) is 9.49. The topological polar surface area (TPSA) is 49.0 Å². The molecule has 0 spiro atoms. The van der Waals surface area contributed by atoms with E-state index in [1.54, 1.807) is 0 Å². The molecule has 0 amide bonds. The van der Waals surface area contributed by atoms with Crippen LogP contribution < -0.4 is 5.56 Å². The lowest BCUT2D eigenvalue weighted by molar-refractivity contribution is 0.234. The zero-order valence-electron chi connectivity index (χ0n) is 15.0. The third-order valence-electron chi connectivity index (χ3n) is 5.67. The van der Waals surface area contributed by atoms with Gasteiger partial charge >= 0.3 is 0 Å². The highest BCUT2D eigenvalue weighted by atomic mass is 19.2. The zero-order valence-corrected chi connectivity index (χ0v) is 15.0. The summed E-state index contributed by atoms with van der Waals surface area (Å²) in [5, 5.41) is 0. The normalized spacial score (nSPS) is 18.5. The summed E-state index contributed by atoms with van der Waals surface area (Å²) < 4.78 is 40.6. The molecule has 4 rings (SSSR count).